The molecule has 1 nitrogen and oxygen atoms in total. The van der Waals surface area contributed by atoms with Crippen LogP contribution < -0.4 is 0 Å². The highest BCUT2D eigenvalue weighted by Crippen LogP contribution is 2.20. The van der Waals surface area contributed by atoms with E-state index in [0.717, 1.165) is 0 Å². The molecule has 0 saturated heterocycles. The van der Waals surface area contributed by atoms with Crippen LogP contribution in [0, 0.1) is 6.92 Å². The van der Waals surface area contributed by atoms with E-state index in [1.54, 1.807) is 0 Å². The van der Waals surface area contributed by atoms with Crippen molar-refractivity contribution in [2.45, 2.75) is 40.5 Å². The van der Waals surface area contributed by atoms with Crippen molar-refractivity contribution in [3.05, 3.63) is 34.9 Å². The van der Waals surface area contributed by atoms with Crippen LogP contribution in [0.4, 0.5) is 0 Å². The van der Waals surface area contributed by atoms with Gasteiger partial charge in [-0.1, -0.05) is 45.9 Å². The van der Waals surface area contributed by atoms with E-state index in [1.165, 1.54) is 16.7 Å². The molecule has 1 heteroatoms. The number of hydrogen-bond donors (Lipinski definition) is 0. The van der Waals surface area contributed by atoms with E-state index < -0.39 is 0 Å². The Kier molecular flexibility index (Phi) is 6.68. The number of aryl methyl sites for hydroxylation is 1. The molecule has 0 aliphatic heterocycles. The monoisotopic (exact) mass is 207 g/mol. The van der Waals surface area contributed by atoms with Crippen LogP contribution in [0.3, 0.4) is 0 Å². The van der Waals surface area contributed by atoms with E-state index >= 15 is 0 Å². The summed E-state index contributed by atoms with van der Waals surface area (Å²) in [5, 5.41) is 0. The van der Waals surface area contributed by atoms with Gasteiger partial charge in [0.2, 0.25) is 0 Å². The van der Waals surface area contributed by atoms with Crippen molar-refractivity contribution in [3.8, 4) is 0 Å². The summed E-state index contributed by atoms with van der Waals surface area (Å²) in [7, 11) is 1.82. The standard InChI is InChI=1S/C12H17N.C2H6.H2/c1-9(2)11-7-5-6-10(3)12(11)8-13-4;1-2;/h5-9H,1-4H3;1-2H3;1H. The zero-order chi connectivity index (χ0) is 11.8. The Morgan fingerprint density at radius 1 is 1.27 bits per heavy atom. The van der Waals surface area contributed by atoms with Gasteiger partial charge in [0.15, 0.2) is 0 Å². The molecular formula is C14H25N. The van der Waals surface area contributed by atoms with Gasteiger partial charge in [-0.05, 0) is 29.5 Å². The molecule has 0 heterocycles. The van der Waals surface area contributed by atoms with E-state index in [-0.39, 0.29) is 1.43 Å². The number of nitrogens with zero attached hydrogens (tertiary/aromatic N) is 1. The highest BCUT2D eigenvalue weighted by atomic mass is 14.6. The van der Waals surface area contributed by atoms with Gasteiger partial charge >= 0.3 is 0 Å². The van der Waals surface area contributed by atoms with Crippen LogP contribution in [0.1, 0.15) is 51.7 Å². The third-order valence-electron chi connectivity index (χ3n) is 2.24. The molecule has 0 spiro atoms. The first-order chi connectivity index (χ1) is 7.16. The molecule has 0 radical (unpaired) electrons. The summed E-state index contributed by atoms with van der Waals surface area (Å²) in [6.07, 6.45) is 1.95. The molecule has 1 aromatic rings. The van der Waals surface area contributed by atoms with Gasteiger partial charge < -0.3 is 0 Å². The predicted molar refractivity (Wildman–Crippen MR) is 72.2 cm³/mol. The maximum atomic E-state index is 4.08. The second-order valence-corrected chi connectivity index (χ2v) is 3.62. The number of benzene rings is 1. The van der Waals surface area contributed by atoms with E-state index in [0.29, 0.717) is 5.92 Å². The van der Waals surface area contributed by atoms with Crippen molar-refractivity contribution < 1.29 is 1.43 Å². The largest absolute Gasteiger partial charge is 0.296 e. The van der Waals surface area contributed by atoms with Crippen LogP contribution in [-0.2, 0) is 0 Å². The molecule has 0 unspecified atom stereocenters. The van der Waals surface area contributed by atoms with Gasteiger partial charge in [-0.15, -0.1) is 0 Å². The number of aliphatic imine (C=N–C) groups is 1. The average molecular weight is 207 g/mol. The van der Waals surface area contributed by atoms with Gasteiger partial charge in [-0.3, -0.25) is 4.99 Å². The molecule has 1 rings (SSSR count). The molecule has 0 aliphatic carbocycles. The second kappa shape index (κ2) is 7.22. The first-order valence-corrected chi connectivity index (χ1v) is 5.68. The molecule has 0 saturated carbocycles. The molecule has 0 aromatic heterocycles. The third-order valence-corrected chi connectivity index (χ3v) is 2.24. The molecule has 0 amide bonds. The second-order valence-electron chi connectivity index (χ2n) is 3.62. The highest BCUT2D eigenvalue weighted by Gasteiger charge is 2.05. The fraction of sp³-hybridized carbons (Fsp3) is 0.500. The fourth-order valence-corrected chi connectivity index (χ4v) is 1.51. The van der Waals surface area contributed by atoms with Gasteiger partial charge in [0.25, 0.3) is 0 Å². The topological polar surface area (TPSA) is 12.4 Å². The quantitative estimate of drug-likeness (QED) is 0.636. The van der Waals surface area contributed by atoms with Gasteiger partial charge in [0, 0.05) is 14.7 Å². The molecule has 0 aliphatic rings. The SMILES string of the molecule is CC.CN=Cc1c(C)cccc1C(C)C.[HH]. The molecule has 0 N–H and O–H groups in total. The summed E-state index contributed by atoms with van der Waals surface area (Å²) in [5.74, 6) is 0.563. The lowest BCUT2D eigenvalue weighted by molar-refractivity contribution is 0.863. The lowest BCUT2D eigenvalue weighted by Gasteiger charge is -2.11. The van der Waals surface area contributed by atoms with Crippen LogP contribution in [0.15, 0.2) is 23.2 Å². The van der Waals surface area contributed by atoms with Crippen molar-refractivity contribution in [2.75, 3.05) is 7.05 Å². The van der Waals surface area contributed by atoms with E-state index in [1.807, 2.05) is 27.1 Å². The number of rotatable bonds is 2. The first-order valence-electron chi connectivity index (χ1n) is 5.68. The van der Waals surface area contributed by atoms with Gasteiger partial charge in [0.1, 0.15) is 0 Å². The Morgan fingerprint density at radius 2 is 1.87 bits per heavy atom. The van der Waals surface area contributed by atoms with Crippen molar-refractivity contribution in [2.24, 2.45) is 4.99 Å². The summed E-state index contributed by atoms with van der Waals surface area (Å²) in [4.78, 5) is 4.08. The first kappa shape index (κ1) is 13.9. The van der Waals surface area contributed by atoms with Crippen LogP contribution in [0.25, 0.3) is 0 Å². The fourth-order valence-electron chi connectivity index (χ4n) is 1.51. The average Bonchev–Trinajstić information content (AvgIpc) is 2.24. The zero-order valence-corrected chi connectivity index (χ0v) is 10.8. The van der Waals surface area contributed by atoms with Crippen LogP contribution in [0.5, 0.6) is 0 Å². The Balaban J connectivity index is 0. The van der Waals surface area contributed by atoms with Crippen LogP contribution >= 0.6 is 0 Å². The summed E-state index contributed by atoms with van der Waals surface area (Å²) >= 11 is 0. The van der Waals surface area contributed by atoms with Crippen molar-refractivity contribution in [3.63, 3.8) is 0 Å². The molecule has 15 heavy (non-hydrogen) atoms. The van der Waals surface area contributed by atoms with E-state index in [2.05, 4.69) is 44.0 Å². The minimum absolute atomic E-state index is 0. The summed E-state index contributed by atoms with van der Waals surface area (Å²) in [6.45, 7) is 10.5. The normalized spacial score (nSPS) is 10.3. The van der Waals surface area contributed by atoms with E-state index in [4.69, 9.17) is 0 Å². The summed E-state index contributed by atoms with van der Waals surface area (Å²) in [5.41, 5.74) is 3.96. The summed E-state index contributed by atoms with van der Waals surface area (Å²) < 4.78 is 0. The highest BCUT2D eigenvalue weighted by molar-refractivity contribution is 5.83. The lowest BCUT2D eigenvalue weighted by atomic mass is 9.94. The molecular weight excluding hydrogens is 182 g/mol. The molecule has 0 fully saturated rings. The maximum absolute atomic E-state index is 4.08. The Labute approximate surface area is 95.7 Å². The van der Waals surface area contributed by atoms with Gasteiger partial charge in [0.05, 0.1) is 0 Å². The van der Waals surface area contributed by atoms with Crippen LogP contribution in [0.2, 0.25) is 0 Å². The Morgan fingerprint density at radius 3 is 2.33 bits per heavy atom. The smallest absolute Gasteiger partial charge is 0.0286 e. The minimum atomic E-state index is 0. The molecule has 0 bridgehead atoms. The van der Waals surface area contributed by atoms with Gasteiger partial charge in [-0.25, -0.2) is 0 Å². The molecule has 0 atom stereocenters. The van der Waals surface area contributed by atoms with E-state index in [9.17, 15) is 0 Å². The van der Waals surface area contributed by atoms with Gasteiger partial charge in [-0.2, -0.15) is 0 Å². The predicted octanol–water partition coefficient (Wildman–Crippen LogP) is 4.44. The van der Waals surface area contributed by atoms with Crippen molar-refractivity contribution in [1.82, 2.24) is 0 Å². The van der Waals surface area contributed by atoms with Crippen molar-refractivity contribution >= 4 is 6.21 Å². The lowest BCUT2D eigenvalue weighted by Crippen LogP contribution is -1.97. The third kappa shape index (κ3) is 3.86. The zero-order valence-electron chi connectivity index (χ0n) is 10.8. The molecule has 86 valence electrons. The summed E-state index contributed by atoms with van der Waals surface area (Å²) in [6, 6.07) is 6.41. The number of hydrogen-bond acceptors (Lipinski definition) is 1. The minimum Gasteiger partial charge on any atom is -0.296 e. The van der Waals surface area contributed by atoms with Crippen LogP contribution in [-0.4, -0.2) is 13.3 Å². The maximum Gasteiger partial charge on any atom is 0.0286 e. The Hall–Kier alpha value is -1.11. The molecule has 1 aromatic carbocycles. The van der Waals surface area contributed by atoms with Crippen molar-refractivity contribution in [1.29, 1.82) is 0 Å². The Bertz CT molecular complexity index is 317.